The van der Waals surface area contributed by atoms with E-state index in [0.29, 0.717) is 25.2 Å². The smallest absolute Gasteiger partial charge is 0.159 e. The van der Waals surface area contributed by atoms with Crippen molar-refractivity contribution < 1.29 is 18.3 Å². The second-order valence-corrected chi connectivity index (χ2v) is 5.60. The summed E-state index contributed by atoms with van der Waals surface area (Å²) in [6.45, 7) is 1.33. The number of phenolic OH excluding ortho intramolecular Hbond substituents is 1. The van der Waals surface area contributed by atoms with Crippen LogP contribution in [0.25, 0.3) is 0 Å². The Balaban J connectivity index is 1.81. The van der Waals surface area contributed by atoms with Crippen LogP contribution in [0, 0.1) is 11.6 Å². The minimum Gasteiger partial charge on any atom is -0.508 e. The van der Waals surface area contributed by atoms with Gasteiger partial charge in [-0.2, -0.15) is 0 Å². The third kappa shape index (κ3) is 4.00. The molecule has 3 nitrogen and oxygen atoms in total. The normalized spacial score (nSPS) is 11.1. The summed E-state index contributed by atoms with van der Waals surface area (Å²) in [4.78, 5) is 1.99. The van der Waals surface area contributed by atoms with Crippen LogP contribution in [0.5, 0.6) is 5.75 Å². The molecule has 0 fully saturated rings. The van der Waals surface area contributed by atoms with Crippen molar-refractivity contribution in [1.29, 1.82) is 0 Å². The Morgan fingerprint density at radius 1 is 0.875 bits per heavy atom. The van der Waals surface area contributed by atoms with Crippen LogP contribution in [-0.2, 0) is 19.6 Å². The van der Waals surface area contributed by atoms with Gasteiger partial charge in [0.25, 0.3) is 0 Å². The molecule has 0 atom stereocenters. The molecule has 0 aliphatic carbocycles. The van der Waals surface area contributed by atoms with Gasteiger partial charge in [-0.3, -0.25) is 4.90 Å². The molecule has 24 heavy (non-hydrogen) atoms. The highest BCUT2D eigenvalue weighted by atomic mass is 19.2. The molecule has 0 aliphatic rings. The number of hydrogen-bond donors (Lipinski definition) is 1. The summed E-state index contributed by atoms with van der Waals surface area (Å²) < 4.78 is 31.9. The molecule has 5 heteroatoms. The summed E-state index contributed by atoms with van der Waals surface area (Å²) in [6, 6.07) is 14.6. The Morgan fingerprint density at radius 3 is 2.42 bits per heavy atom. The van der Waals surface area contributed by atoms with Crippen LogP contribution >= 0.6 is 0 Å². The van der Waals surface area contributed by atoms with Crippen molar-refractivity contribution in [2.75, 3.05) is 0 Å². The predicted octanol–water partition coefficient (Wildman–Crippen LogP) is 4.47. The first kappa shape index (κ1) is 16.2. The zero-order chi connectivity index (χ0) is 16.9. The van der Waals surface area contributed by atoms with Gasteiger partial charge in [0.2, 0.25) is 0 Å². The van der Waals surface area contributed by atoms with Crippen molar-refractivity contribution in [3.05, 3.63) is 89.4 Å². The lowest BCUT2D eigenvalue weighted by Gasteiger charge is -2.22. The Labute approximate surface area is 138 Å². The number of aromatic hydroxyl groups is 1. The van der Waals surface area contributed by atoms with Gasteiger partial charge < -0.3 is 9.52 Å². The first-order valence-electron chi connectivity index (χ1n) is 7.57. The molecular weight excluding hydrogens is 312 g/mol. The Hall–Kier alpha value is -2.66. The van der Waals surface area contributed by atoms with Gasteiger partial charge >= 0.3 is 0 Å². The monoisotopic (exact) mass is 329 g/mol. The van der Waals surface area contributed by atoms with Crippen molar-refractivity contribution in [1.82, 2.24) is 4.90 Å². The highest BCUT2D eigenvalue weighted by molar-refractivity contribution is 5.31. The van der Waals surface area contributed by atoms with Gasteiger partial charge in [-0.15, -0.1) is 0 Å². The SMILES string of the molecule is Oc1ccccc1CN(Cc1ccc(F)c(F)c1)Cc1ccco1. The number of phenols is 1. The quantitative estimate of drug-likeness (QED) is 0.725. The summed E-state index contributed by atoms with van der Waals surface area (Å²) in [5, 5.41) is 9.97. The average molecular weight is 329 g/mol. The number of benzene rings is 2. The van der Waals surface area contributed by atoms with Crippen molar-refractivity contribution >= 4 is 0 Å². The number of rotatable bonds is 6. The lowest BCUT2D eigenvalue weighted by atomic mass is 10.1. The van der Waals surface area contributed by atoms with Crippen LogP contribution in [0.1, 0.15) is 16.9 Å². The van der Waals surface area contributed by atoms with Crippen LogP contribution in [0.3, 0.4) is 0 Å². The molecule has 0 unspecified atom stereocenters. The minimum atomic E-state index is -0.868. The first-order valence-corrected chi connectivity index (χ1v) is 7.57. The summed E-state index contributed by atoms with van der Waals surface area (Å²) >= 11 is 0. The van der Waals surface area contributed by atoms with Gasteiger partial charge in [-0.25, -0.2) is 8.78 Å². The Bertz CT molecular complexity index is 803. The van der Waals surface area contributed by atoms with Crippen LogP contribution in [-0.4, -0.2) is 10.0 Å². The Morgan fingerprint density at radius 2 is 1.71 bits per heavy atom. The summed E-state index contributed by atoms with van der Waals surface area (Å²) in [7, 11) is 0. The predicted molar refractivity (Wildman–Crippen MR) is 86.1 cm³/mol. The zero-order valence-corrected chi connectivity index (χ0v) is 13.0. The maximum absolute atomic E-state index is 13.4. The molecule has 0 spiro atoms. The van der Waals surface area contributed by atoms with Crippen LogP contribution in [0.2, 0.25) is 0 Å². The lowest BCUT2D eigenvalue weighted by molar-refractivity contribution is 0.224. The zero-order valence-electron chi connectivity index (χ0n) is 13.0. The molecule has 3 rings (SSSR count). The fourth-order valence-corrected chi connectivity index (χ4v) is 2.57. The van der Waals surface area contributed by atoms with Crippen molar-refractivity contribution in [2.45, 2.75) is 19.6 Å². The molecule has 1 heterocycles. The molecule has 0 radical (unpaired) electrons. The van der Waals surface area contributed by atoms with Crippen LogP contribution in [0.4, 0.5) is 8.78 Å². The van der Waals surface area contributed by atoms with E-state index in [-0.39, 0.29) is 5.75 Å². The maximum Gasteiger partial charge on any atom is 0.159 e. The molecule has 0 amide bonds. The standard InChI is InChI=1S/C19H17F2NO2/c20-17-8-7-14(10-18(17)21)11-22(13-16-5-3-9-24-16)12-15-4-1-2-6-19(15)23/h1-10,23H,11-13H2. The lowest BCUT2D eigenvalue weighted by Crippen LogP contribution is -2.22. The highest BCUT2D eigenvalue weighted by Crippen LogP contribution is 2.21. The van der Waals surface area contributed by atoms with E-state index < -0.39 is 11.6 Å². The van der Waals surface area contributed by atoms with Gasteiger partial charge in [-0.05, 0) is 35.9 Å². The molecule has 124 valence electrons. The third-order valence-corrected chi connectivity index (χ3v) is 3.74. The molecule has 1 N–H and O–H groups in total. The summed E-state index contributed by atoms with van der Waals surface area (Å²) in [5.41, 5.74) is 1.41. The summed E-state index contributed by atoms with van der Waals surface area (Å²) in [6.07, 6.45) is 1.59. The minimum absolute atomic E-state index is 0.201. The highest BCUT2D eigenvalue weighted by Gasteiger charge is 2.13. The second kappa shape index (κ2) is 7.27. The van der Waals surface area contributed by atoms with Crippen LogP contribution < -0.4 is 0 Å². The van der Waals surface area contributed by atoms with E-state index >= 15 is 0 Å². The van der Waals surface area contributed by atoms with Gasteiger partial charge in [0.05, 0.1) is 12.8 Å². The molecule has 3 aromatic rings. The molecule has 1 aromatic heterocycles. The van der Waals surface area contributed by atoms with Gasteiger partial charge in [-0.1, -0.05) is 24.3 Å². The van der Waals surface area contributed by atoms with E-state index in [4.69, 9.17) is 4.42 Å². The van der Waals surface area contributed by atoms with Gasteiger partial charge in [0, 0.05) is 18.7 Å². The molecule has 0 bridgehead atoms. The van der Waals surface area contributed by atoms with E-state index in [1.54, 1.807) is 30.5 Å². The molecule has 0 aliphatic heterocycles. The molecule has 0 saturated heterocycles. The van der Waals surface area contributed by atoms with Crippen molar-refractivity contribution in [3.63, 3.8) is 0 Å². The van der Waals surface area contributed by atoms with E-state index in [0.717, 1.165) is 17.4 Å². The fourth-order valence-electron chi connectivity index (χ4n) is 2.57. The molecule has 0 saturated carbocycles. The van der Waals surface area contributed by atoms with E-state index in [9.17, 15) is 13.9 Å². The third-order valence-electron chi connectivity index (χ3n) is 3.74. The van der Waals surface area contributed by atoms with Crippen molar-refractivity contribution in [2.24, 2.45) is 0 Å². The number of nitrogens with zero attached hydrogens (tertiary/aromatic N) is 1. The van der Waals surface area contributed by atoms with Crippen molar-refractivity contribution in [3.8, 4) is 5.75 Å². The van der Waals surface area contributed by atoms with Crippen LogP contribution in [0.15, 0.2) is 65.3 Å². The van der Waals surface area contributed by atoms with E-state index in [2.05, 4.69) is 0 Å². The molecular formula is C19H17F2NO2. The fraction of sp³-hybridized carbons (Fsp3) is 0.158. The van der Waals surface area contributed by atoms with E-state index in [1.807, 2.05) is 23.1 Å². The number of halogens is 2. The summed E-state index contributed by atoms with van der Waals surface area (Å²) in [5.74, 6) is -0.773. The van der Waals surface area contributed by atoms with Gasteiger partial charge in [0.15, 0.2) is 11.6 Å². The second-order valence-electron chi connectivity index (χ2n) is 5.60. The average Bonchev–Trinajstić information content (AvgIpc) is 3.06. The van der Waals surface area contributed by atoms with Gasteiger partial charge in [0.1, 0.15) is 11.5 Å². The van der Waals surface area contributed by atoms with E-state index in [1.165, 1.54) is 6.07 Å². The number of hydrogen-bond acceptors (Lipinski definition) is 3. The number of para-hydroxylation sites is 1. The maximum atomic E-state index is 13.4. The first-order chi connectivity index (χ1) is 11.6. The number of furan rings is 1. The largest absolute Gasteiger partial charge is 0.508 e. The Kier molecular flexibility index (Phi) is 4.91. The molecule has 2 aromatic carbocycles. The topological polar surface area (TPSA) is 36.6 Å².